The van der Waals surface area contributed by atoms with E-state index >= 15 is 0 Å². The van der Waals surface area contributed by atoms with Crippen LogP contribution in [0.1, 0.15) is 20.3 Å². The van der Waals surface area contributed by atoms with E-state index in [1.54, 1.807) is 18.5 Å². The first-order valence-corrected chi connectivity index (χ1v) is 5.03. The smallest absolute Gasteiger partial charge is 0.148 e. The Morgan fingerprint density at radius 3 is 3.07 bits per heavy atom. The molecule has 0 saturated heterocycles. The van der Waals surface area contributed by atoms with Gasteiger partial charge in [0, 0.05) is 6.21 Å². The lowest BCUT2D eigenvalue weighted by Gasteiger charge is -2.17. The maximum absolute atomic E-state index is 7.81. The van der Waals surface area contributed by atoms with Crippen LogP contribution in [0.5, 0.6) is 0 Å². The predicted octanol–water partition coefficient (Wildman–Crippen LogP) is 2.64. The fourth-order valence-corrected chi connectivity index (χ4v) is 1.38. The highest BCUT2D eigenvalue weighted by molar-refractivity contribution is 5.98. The molecule has 0 spiro atoms. The SMILES string of the molecule is C=CC=N/C1=C(\C)C(C)C/C=C\NC1=N. The van der Waals surface area contributed by atoms with Crippen LogP contribution < -0.4 is 5.32 Å². The van der Waals surface area contributed by atoms with Crippen LogP contribution in [0.2, 0.25) is 0 Å². The van der Waals surface area contributed by atoms with E-state index in [0.717, 1.165) is 12.0 Å². The van der Waals surface area contributed by atoms with Crippen molar-refractivity contribution in [2.75, 3.05) is 0 Å². The van der Waals surface area contributed by atoms with Gasteiger partial charge in [-0.1, -0.05) is 25.7 Å². The Balaban J connectivity index is 3.05. The van der Waals surface area contributed by atoms with E-state index in [0.29, 0.717) is 17.5 Å². The summed E-state index contributed by atoms with van der Waals surface area (Å²) >= 11 is 0. The van der Waals surface area contributed by atoms with Gasteiger partial charge in [0.15, 0.2) is 0 Å². The first kappa shape index (κ1) is 11.4. The number of amidine groups is 1. The summed E-state index contributed by atoms with van der Waals surface area (Å²) in [5.74, 6) is 0.758. The second-order valence-corrected chi connectivity index (χ2v) is 3.60. The monoisotopic (exact) mass is 203 g/mol. The minimum absolute atomic E-state index is 0.341. The Hall–Kier alpha value is -1.64. The van der Waals surface area contributed by atoms with Crippen LogP contribution in [0.25, 0.3) is 0 Å². The number of allylic oxidation sites excluding steroid dienone is 3. The highest BCUT2D eigenvalue weighted by atomic mass is 15.0. The Kier molecular flexibility index (Phi) is 4.03. The van der Waals surface area contributed by atoms with Gasteiger partial charge in [-0.2, -0.15) is 0 Å². The van der Waals surface area contributed by atoms with E-state index in [1.807, 2.05) is 13.0 Å². The van der Waals surface area contributed by atoms with Crippen LogP contribution in [-0.2, 0) is 0 Å². The lowest BCUT2D eigenvalue weighted by molar-refractivity contribution is 0.683. The third-order valence-electron chi connectivity index (χ3n) is 2.49. The molecule has 1 heterocycles. The lowest BCUT2D eigenvalue weighted by Crippen LogP contribution is -2.21. The van der Waals surface area contributed by atoms with Crippen molar-refractivity contribution in [1.82, 2.24) is 5.32 Å². The van der Waals surface area contributed by atoms with Crippen molar-refractivity contribution in [3.05, 3.63) is 36.2 Å². The van der Waals surface area contributed by atoms with Crippen molar-refractivity contribution < 1.29 is 0 Å². The van der Waals surface area contributed by atoms with Gasteiger partial charge in [-0.15, -0.1) is 0 Å². The van der Waals surface area contributed by atoms with E-state index in [4.69, 9.17) is 5.41 Å². The Labute approximate surface area is 90.8 Å². The maximum Gasteiger partial charge on any atom is 0.148 e. The molecule has 80 valence electrons. The van der Waals surface area contributed by atoms with Gasteiger partial charge in [0.05, 0.1) is 0 Å². The van der Waals surface area contributed by atoms with Gasteiger partial charge in [0.1, 0.15) is 11.5 Å². The molecule has 15 heavy (non-hydrogen) atoms. The molecule has 1 unspecified atom stereocenters. The summed E-state index contributed by atoms with van der Waals surface area (Å²) in [4.78, 5) is 4.23. The number of hydrogen-bond acceptors (Lipinski definition) is 2. The zero-order valence-electron chi connectivity index (χ0n) is 9.25. The first-order valence-electron chi connectivity index (χ1n) is 5.03. The molecule has 1 aliphatic heterocycles. The summed E-state index contributed by atoms with van der Waals surface area (Å²) in [7, 11) is 0. The summed E-state index contributed by atoms with van der Waals surface area (Å²) in [5, 5.41) is 10.7. The number of nitrogens with one attached hydrogen (secondary N) is 2. The van der Waals surface area contributed by atoms with Crippen LogP contribution in [0.4, 0.5) is 0 Å². The van der Waals surface area contributed by atoms with Crippen molar-refractivity contribution in [1.29, 1.82) is 5.41 Å². The topological polar surface area (TPSA) is 48.2 Å². The highest BCUT2D eigenvalue weighted by Crippen LogP contribution is 2.21. The minimum Gasteiger partial charge on any atom is -0.346 e. The molecule has 1 rings (SSSR count). The molecule has 1 atom stereocenters. The van der Waals surface area contributed by atoms with Gasteiger partial charge < -0.3 is 5.32 Å². The Morgan fingerprint density at radius 2 is 2.40 bits per heavy atom. The molecule has 0 fully saturated rings. The zero-order chi connectivity index (χ0) is 11.3. The summed E-state index contributed by atoms with van der Waals surface area (Å²) < 4.78 is 0. The molecule has 0 aromatic rings. The molecule has 0 aromatic heterocycles. The number of nitrogens with zero attached hydrogens (tertiary/aromatic N) is 1. The quantitative estimate of drug-likeness (QED) is 0.666. The molecule has 0 radical (unpaired) electrons. The molecular weight excluding hydrogens is 186 g/mol. The second-order valence-electron chi connectivity index (χ2n) is 3.60. The molecule has 0 amide bonds. The summed E-state index contributed by atoms with van der Waals surface area (Å²) in [5.41, 5.74) is 1.85. The molecule has 3 heteroatoms. The lowest BCUT2D eigenvalue weighted by atomic mass is 9.96. The Morgan fingerprint density at radius 1 is 1.67 bits per heavy atom. The first-order chi connectivity index (χ1) is 7.16. The average Bonchev–Trinajstić information content (AvgIpc) is 2.23. The second kappa shape index (κ2) is 5.29. The van der Waals surface area contributed by atoms with Crippen molar-refractivity contribution in [3.63, 3.8) is 0 Å². The molecule has 2 N–H and O–H groups in total. The van der Waals surface area contributed by atoms with Crippen LogP contribution in [-0.4, -0.2) is 12.1 Å². The van der Waals surface area contributed by atoms with Gasteiger partial charge in [0.2, 0.25) is 0 Å². The van der Waals surface area contributed by atoms with E-state index in [-0.39, 0.29) is 0 Å². The fraction of sp³-hybridized carbons (Fsp3) is 0.333. The van der Waals surface area contributed by atoms with Gasteiger partial charge in [-0.3, -0.25) is 10.4 Å². The van der Waals surface area contributed by atoms with Gasteiger partial charge in [-0.25, -0.2) is 0 Å². The van der Waals surface area contributed by atoms with Crippen LogP contribution >= 0.6 is 0 Å². The van der Waals surface area contributed by atoms with Crippen molar-refractivity contribution in [2.24, 2.45) is 10.9 Å². The van der Waals surface area contributed by atoms with E-state index in [2.05, 4.69) is 23.8 Å². The largest absolute Gasteiger partial charge is 0.346 e. The predicted molar refractivity (Wildman–Crippen MR) is 65.2 cm³/mol. The summed E-state index contributed by atoms with van der Waals surface area (Å²) in [6.07, 6.45) is 8.05. The fourth-order valence-electron chi connectivity index (χ4n) is 1.38. The van der Waals surface area contributed by atoms with E-state index in [1.165, 1.54) is 0 Å². The zero-order valence-corrected chi connectivity index (χ0v) is 9.25. The standard InChI is InChI=1S/C12H17N3/c1-4-7-14-11-10(3)9(2)6-5-8-15-12(11)13/h4-5,7-9H,1,6H2,2-3H3,(H2,13,15)/b8-5-,11-10+,14-7?. The molecule has 0 saturated carbocycles. The van der Waals surface area contributed by atoms with E-state index in [9.17, 15) is 0 Å². The third-order valence-corrected chi connectivity index (χ3v) is 2.49. The van der Waals surface area contributed by atoms with Crippen molar-refractivity contribution in [2.45, 2.75) is 20.3 Å². The Bertz CT molecular complexity index is 348. The third kappa shape index (κ3) is 2.91. The van der Waals surface area contributed by atoms with Crippen LogP contribution in [0.15, 0.2) is 41.2 Å². The number of hydrogen-bond donors (Lipinski definition) is 2. The summed E-state index contributed by atoms with van der Waals surface area (Å²) in [6, 6.07) is 0. The highest BCUT2D eigenvalue weighted by Gasteiger charge is 2.13. The number of aliphatic imine (C=N–C) groups is 1. The molecule has 0 bridgehead atoms. The van der Waals surface area contributed by atoms with Crippen LogP contribution in [0, 0.1) is 11.3 Å². The van der Waals surface area contributed by atoms with E-state index < -0.39 is 0 Å². The molecule has 0 aliphatic carbocycles. The maximum atomic E-state index is 7.81. The van der Waals surface area contributed by atoms with Gasteiger partial charge in [0.25, 0.3) is 0 Å². The van der Waals surface area contributed by atoms with Crippen LogP contribution in [0.3, 0.4) is 0 Å². The molecular formula is C12H17N3. The van der Waals surface area contributed by atoms with Gasteiger partial charge >= 0.3 is 0 Å². The minimum atomic E-state index is 0.341. The van der Waals surface area contributed by atoms with Gasteiger partial charge in [-0.05, 0) is 31.0 Å². The normalized spacial score (nSPS) is 29.5. The molecule has 3 nitrogen and oxygen atoms in total. The average molecular weight is 203 g/mol. The van der Waals surface area contributed by atoms with Crippen molar-refractivity contribution in [3.8, 4) is 0 Å². The molecule has 1 aliphatic rings. The molecule has 0 aromatic carbocycles. The van der Waals surface area contributed by atoms with Crippen molar-refractivity contribution >= 4 is 12.1 Å². The summed E-state index contributed by atoms with van der Waals surface area (Å²) in [6.45, 7) is 7.74. The number of rotatable bonds is 2.